The molecule has 0 saturated carbocycles. The Kier molecular flexibility index (Phi) is 5.04. The van der Waals surface area contributed by atoms with Crippen LogP contribution in [-0.2, 0) is 16.1 Å². The van der Waals surface area contributed by atoms with Crippen LogP contribution in [0, 0.1) is 5.92 Å². The zero-order chi connectivity index (χ0) is 17.1. The lowest BCUT2D eigenvalue weighted by atomic mass is 9.95. The van der Waals surface area contributed by atoms with E-state index in [0.29, 0.717) is 6.54 Å². The number of aromatic amines is 1. The van der Waals surface area contributed by atoms with Crippen molar-refractivity contribution in [3.8, 4) is 0 Å². The number of ether oxygens (including phenoxy) is 1. The second kappa shape index (κ2) is 7.58. The number of H-pyrrole nitrogens is 1. The summed E-state index contributed by atoms with van der Waals surface area (Å²) in [5.74, 6) is 0.364. The summed E-state index contributed by atoms with van der Waals surface area (Å²) in [5.41, 5.74) is 2.54. The van der Waals surface area contributed by atoms with Crippen molar-refractivity contribution < 1.29 is 9.53 Å². The highest BCUT2D eigenvalue weighted by Crippen LogP contribution is 2.23. The van der Waals surface area contributed by atoms with E-state index in [-0.39, 0.29) is 17.9 Å². The summed E-state index contributed by atoms with van der Waals surface area (Å²) in [6.07, 6.45) is 6.42. The number of nitrogens with one attached hydrogen (secondary N) is 2. The first-order chi connectivity index (χ1) is 12.3. The molecule has 1 aromatic carbocycles. The predicted molar refractivity (Wildman–Crippen MR) is 98.3 cm³/mol. The van der Waals surface area contributed by atoms with Crippen LogP contribution in [0.25, 0.3) is 10.9 Å². The number of piperidine rings is 1. The van der Waals surface area contributed by atoms with Crippen molar-refractivity contribution in [1.29, 1.82) is 0 Å². The maximum Gasteiger partial charge on any atom is 0.223 e. The molecule has 134 valence electrons. The molecule has 2 aliphatic heterocycles. The molecule has 4 rings (SSSR count). The molecule has 2 N–H and O–H groups in total. The second-order valence-corrected chi connectivity index (χ2v) is 7.29. The van der Waals surface area contributed by atoms with Gasteiger partial charge in [0.15, 0.2) is 0 Å². The summed E-state index contributed by atoms with van der Waals surface area (Å²) in [6.45, 7) is 4.43. The Morgan fingerprint density at radius 3 is 2.88 bits per heavy atom. The lowest BCUT2D eigenvalue weighted by Crippen LogP contribution is -2.42. The van der Waals surface area contributed by atoms with Gasteiger partial charge in [-0.2, -0.15) is 0 Å². The van der Waals surface area contributed by atoms with E-state index in [1.807, 2.05) is 0 Å². The van der Waals surface area contributed by atoms with Gasteiger partial charge >= 0.3 is 0 Å². The number of amides is 1. The van der Waals surface area contributed by atoms with Crippen LogP contribution in [0.1, 0.15) is 31.2 Å². The SMILES string of the molecule is O=C(NCC1CCCO1)C1CCN(Cc2c[nH]c3ccccc23)CC1. The topological polar surface area (TPSA) is 57.4 Å². The molecule has 1 amide bonds. The predicted octanol–water partition coefficient (Wildman–Crippen LogP) is 2.68. The minimum absolute atomic E-state index is 0.153. The number of aromatic nitrogens is 1. The average Bonchev–Trinajstić information content (AvgIpc) is 3.31. The Bertz CT molecular complexity index is 713. The Labute approximate surface area is 148 Å². The first-order valence-electron chi connectivity index (χ1n) is 9.46. The van der Waals surface area contributed by atoms with Crippen LogP contribution in [0.5, 0.6) is 0 Å². The van der Waals surface area contributed by atoms with Crippen molar-refractivity contribution in [2.24, 2.45) is 5.92 Å². The molecule has 25 heavy (non-hydrogen) atoms. The molecule has 1 atom stereocenters. The summed E-state index contributed by atoms with van der Waals surface area (Å²) in [6, 6.07) is 8.43. The lowest BCUT2D eigenvalue weighted by Gasteiger charge is -2.31. The van der Waals surface area contributed by atoms with Crippen molar-refractivity contribution in [3.05, 3.63) is 36.0 Å². The third-order valence-corrected chi connectivity index (χ3v) is 5.56. The van der Waals surface area contributed by atoms with Gasteiger partial charge in [-0.05, 0) is 50.4 Å². The molecule has 0 radical (unpaired) electrons. The zero-order valence-corrected chi connectivity index (χ0v) is 14.7. The molecular weight excluding hydrogens is 314 g/mol. The van der Waals surface area contributed by atoms with Gasteiger partial charge in [0.2, 0.25) is 5.91 Å². The molecule has 2 aromatic rings. The van der Waals surface area contributed by atoms with Gasteiger partial charge in [-0.1, -0.05) is 18.2 Å². The summed E-state index contributed by atoms with van der Waals surface area (Å²) in [4.78, 5) is 18.2. The normalized spacial score (nSPS) is 22.5. The Balaban J connectivity index is 1.26. The van der Waals surface area contributed by atoms with Gasteiger partial charge in [0.1, 0.15) is 0 Å². The van der Waals surface area contributed by atoms with Crippen molar-refractivity contribution in [1.82, 2.24) is 15.2 Å². The minimum Gasteiger partial charge on any atom is -0.376 e. The van der Waals surface area contributed by atoms with Gasteiger partial charge in [-0.25, -0.2) is 0 Å². The molecule has 5 nitrogen and oxygen atoms in total. The minimum atomic E-state index is 0.153. The van der Waals surface area contributed by atoms with Gasteiger partial charge in [-0.15, -0.1) is 0 Å². The number of carbonyl (C=O) groups excluding carboxylic acids is 1. The van der Waals surface area contributed by atoms with Gasteiger partial charge in [-0.3, -0.25) is 9.69 Å². The molecule has 3 heterocycles. The molecule has 0 spiro atoms. The maximum atomic E-state index is 12.4. The van der Waals surface area contributed by atoms with E-state index in [2.05, 4.69) is 45.7 Å². The third kappa shape index (κ3) is 3.88. The molecule has 2 aliphatic rings. The standard InChI is InChI=1S/C20H27N3O2/c24-20(22-13-17-4-3-11-25-17)15-7-9-23(10-8-15)14-16-12-21-19-6-2-1-5-18(16)19/h1-2,5-6,12,15,17,21H,3-4,7-11,13-14H2,(H,22,24). The summed E-state index contributed by atoms with van der Waals surface area (Å²) >= 11 is 0. The van der Waals surface area contributed by atoms with Crippen LogP contribution in [-0.4, -0.2) is 48.1 Å². The van der Waals surface area contributed by atoms with Crippen LogP contribution in [0.4, 0.5) is 0 Å². The van der Waals surface area contributed by atoms with Crippen LogP contribution in [0.3, 0.4) is 0 Å². The molecule has 2 saturated heterocycles. The number of likely N-dealkylation sites (tertiary alicyclic amines) is 1. The van der Waals surface area contributed by atoms with Crippen molar-refractivity contribution >= 4 is 16.8 Å². The maximum absolute atomic E-state index is 12.4. The van der Waals surface area contributed by atoms with E-state index in [9.17, 15) is 4.79 Å². The smallest absolute Gasteiger partial charge is 0.223 e. The fraction of sp³-hybridized carbons (Fsp3) is 0.550. The van der Waals surface area contributed by atoms with Crippen LogP contribution in [0.15, 0.2) is 30.5 Å². The average molecular weight is 341 g/mol. The van der Waals surface area contributed by atoms with E-state index < -0.39 is 0 Å². The quantitative estimate of drug-likeness (QED) is 0.879. The van der Waals surface area contributed by atoms with Crippen molar-refractivity contribution in [2.75, 3.05) is 26.2 Å². The molecule has 0 bridgehead atoms. The van der Waals surface area contributed by atoms with Crippen LogP contribution < -0.4 is 5.32 Å². The van der Waals surface area contributed by atoms with Gasteiger partial charge < -0.3 is 15.0 Å². The Hall–Kier alpha value is -1.85. The van der Waals surface area contributed by atoms with Crippen LogP contribution >= 0.6 is 0 Å². The van der Waals surface area contributed by atoms with E-state index >= 15 is 0 Å². The van der Waals surface area contributed by atoms with E-state index in [1.165, 1.54) is 16.5 Å². The number of carbonyl (C=O) groups is 1. The number of hydrogen-bond acceptors (Lipinski definition) is 3. The van der Waals surface area contributed by atoms with Gasteiger partial charge in [0.05, 0.1) is 6.10 Å². The Morgan fingerprint density at radius 1 is 1.24 bits per heavy atom. The van der Waals surface area contributed by atoms with E-state index in [0.717, 1.165) is 51.9 Å². The summed E-state index contributed by atoms with van der Waals surface area (Å²) in [7, 11) is 0. The number of para-hydroxylation sites is 1. The highest BCUT2D eigenvalue weighted by atomic mass is 16.5. The summed E-state index contributed by atoms with van der Waals surface area (Å²) in [5, 5.41) is 4.40. The second-order valence-electron chi connectivity index (χ2n) is 7.29. The summed E-state index contributed by atoms with van der Waals surface area (Å²) < 4.78 is 5.58. The number of fused-ring (bicyclic) bond motifs is 1. The molecular formula is C20H27N3O2. The van der Waals surface area contributed by atoms with Gasteiger partial charge in [0.25, 0.3) is 0 Å². The fourth-order valence-corrected chi connectivity index (χ4v) is 4.02. The highest BCUT2D eigenvalue weighted by Gasteiger charge is 2.26. The molecule has 1 aromatic heterocycles. The molecule has 2 fully saturated rings. The van der Waals surface area contributed by atoms with Crippen LogP contribution in [0.2, 0.25) is 0 Å². The first kappa shape index (κ1) is 16.6. The van der Waals surface area contributed by atoms with Crippen molar-refractivity contribution in [2.45, 2.75) is 38.3 Å². The number of nitrogens with zero attached hydrogens (tertiary/aromatic N) is 1. The third-order valence-electron chi connectivity index (χ3n) is 5.56. The Morgan fingerprint density at radius 2 is 2.08 bits per heavy atom. The number of benzene rings is 1. The number of rotatable bonds is 5. The fourth-order valence-electron chi connectivity index (χ4n) is 4.02. The van der Waals surface area contributed by atoms with E-state index in [4.69, 9.17) is 4.74 Å². The highest BCUT2D eigenvalue weighted by molar-refractivity contribution is 5.83. The monoisotopic (exact) mass is 341 g/mol. The molecule has 5 heteroatoms. The number of hydrogen-bond donors (Lipinski definition) is 2. The molecule has 0 aliphatic carbocycles. The molecule has 1 unspecified atom stereocenters. The van der Waals surface area contributed by atoms with E-state index in [1.54, 1.807) is 0 Å². The first-order valence-corrected chi connectivity index (χ1v) is 9.46. The largest absolute Gasteiger partial charge is 0.376 e. The lowest BCUT2D eigenvalue weighted by molar-refractivity contribution is -0.127. The van der Waals surface area contributed by atoms with Crippen molar-refractivity contribution in [3.63, 3.8) is 0 Å². The van der Waals surface area contributed by atoms with Gasteiger partial charge in [0, 0.05) is 42.7 Å². The zero-order valence-electron chi connectivity index (χ0n) is 14.7.